The summed E-state index contributed by atoms with van der Waals surface area (Å²) in [7, 11) is 1.59. The minimum atomic E-state index is -0.456. The van der Waals surface area contributed by atoms with Crippen molar-refractivity contribution in [3.8, 4) is 6.07 Å². The van der Waals surface area contributed by atoms with Gasteiger partial charge in [-0.05, 0) is 35.0 Å². The van der Waals surface area contributed by atoms with E-state index in [1.165, 1.54) is 0 Å². The number of halogens is 2. The van der Waals surface area contributed by atoms with Gasteiger partial charge in [0.25, 0.3) is 0 Å². The number of rotatable bonds is 4. The maximum Gasteiger partial charge on any atom is 0.161 e. The van der Waals surface area contributed by atoms with E-state index in [4.69, 9.17) is 10.00 Å². The molecule has 1 rings (SSSR count). The van der Waals surface area contributed by atoms with Gasteiger partial charge in [0, 0.05) is 13.7 Å². The summed E-state index contributed by atoms with van der Waals surface area (Å²) in [5.41, 5.74) is 0.637. The topological polar surface area (TPSA) is 45.0 Å². The second-order valence-electron chi connectivity index (χ2n) is 3.33. The monoisotopic (exact) mass is 286 g/mol. The molecule has 0 spiro atoms. The average Bonchev–Trinajstić information content (AvgIpc) is 2.30. The molecule has 0 saturated heterocycles. The van der Waals surface area contributed by atoms with Gasteiger partial charge in [-0.1, -0.05) is 0 Å². The van der Waals surface area contributed by atoms with Gasteiger partial charge in [-0.2, -0.15) is 5.26 Å². The molecule has 1 N–H and O–H groups in total. The molecule has 1 aromatic carbocycles. The number of ether oxygens (including phenoxy) is 1. The van der Waals surface area contributed by atoms with Gasteiger partial charge in [-0.25, -0.2) is 4.39 Å². The van der Waals surface area contributed by atoms with Crippen molar-refractivity contribution < 1.29 is 9.13 Å². The van der Waals surface area contributed by atoms with Crippen molar-refractivity contribution in [3.05, 3.63) is 28.0 Å². The maximum atomic E-state index is 13.7. The third-order valence-corrected chi connectivity index (χ3v) is 2.96. The standard InChI is InChI=1S/C11H12BrFN2O/c1-7(16-2)6-15-9-4-3-8(5-14)10(12)11(9)13/h3-4,7,15H,6H2,1-2H3. The quantitative estimate of drug-likeness (QED) is 0.926. The normalized spacial score (nSPS) is 11.9. The van der Waals surface area contributed by atoms with E-state index in [1.54, 1.807) is 19.2 Å². The molecule has 0 bridgehead atoms. The molecule has 0 amide bonds. The van der Waals surface area contributed by atoms with Crippen LogP contribution in [0.4, 0.5) is 10.1 Å². The van der Waals surface area contributed by atoms with Crippen molar-refractivity contribution in [1.29, 1.82) is 5.26 Å². The molecule has 0 aromatic heterocycles. The van der Waals surface area contributed by atoms with E-state index < -0.39 is 5.82 Å². The lowest BCUT2D eigenvalue weighted by Crippen LogP contribution is -2.18. The van der Waals surface area contributed by atoms with Crippen LogP contribution in [0.15, 0.2) is 16.6 Å². The summed E-state index contributed by atoms with van der Waals surface area (Å²) >= 11 is 3.05. The van der Waals surface area contributed by atoms with Gasteiger partial charge in [0.1, 0.15) is 6.07 Å². The van der Waals surface area contributed by atoms with E-state index in [0.29, 0.717) is 12.2 Å². The SMILES string of the molecule is COC(C)CNc1ccc(C#N)c(Br)c1F. The van der Waals surface area contributed by atoms with Gasteiger partial charge < -0.3 is 10.1 Å². The number of hydrogen-bond acceptors (Lipinski definition) is 3. The summed E-state index contributed by atoms with van der Waals surface area (Å²) in [6.07, 6.45) is -0.00572. The van der Waals surface area contributed by atoms with Crippen LogP contribution in [0, 0.1) is 17.1 Å². The fourth-order valence-electron chi connectivity index (χ4n) is 1.11. The van der Waals surface area contributed by atoms with E-state index in [0.717, 1.165) is 0 Å². The van der Waals surface area contributed by atoms with E-state index in [2.05, 4.69) is 21.2 Å². The smallest absolute Gasteiger partial charge is 0.161 e. The first-order valence-electron chi connectivity index (χ1n) is 4.75. The number of methoxy groups -OCH3 is 1. The Morgan fingerprint density at radius 2 is 2.31 bits per heavy atom. The van der Waals surface area contributed by atoms with Gasteiger partial charge in [0.2, 0.25) is 0 Å². The molecular weight excluding hydrogens is 275 g/mol. The Morgan fingerprint density at radius 1 is 1.62 bits per heavy atom. The van der Waals surface area contributed by atoms with Crippen LogP contribution in [0.1, 0.15) is 12.5 Å². The molecule has 0 fully saturated rings. The van der Waals surface area contributed by atoms with E-state index in [9.17, 15) is 4.39 Å². The predicted octanol–water partition coefficient (Wildman–Crippen LogP) is 2.91. The van der Waals surface area contributed by atoms with E-state index >= 15 is 0 Å². The van der Waals surface area contributed by atoms with Crippen LogP contribution in [-0.2, 0) is 4.74 Å². The molecule has 0 aliphatic heterocycles. The second-order valence-corrected chi connectivity index (χ2v) is 4.12. The largest absolute Gasteiger partial charge is 0.380 e. The highest BCUT2D eigenvalue weighted by molar-refractivity contribution is 9.10. The molecule has 5 heteroatoms. The molecule has 1 aromatic rings. The highest BCUT2D eigenvalue weighted by Crippen LogP contribution is 2.26. The van der Waals surface area contributed by atoms with Crippen LogP contribution in [0.25, 0.3) is 0 Å². The summed E-state index contributed by atoms with van der Waals surface area (Å²) in [6, 6.07) is 5.01. The molecule has 0 saturated carbocycles. The van der Waals surface area contributed by atoms with Crippen molar-refractivity contribution in [2.24, 2.45) is 0 Å². The Hall–Kier alpha value is -1.12. The van der Waals surface area contributed by atoms with Gasteiger partial charge >= 0.3 is 0 Å². The first kappa shape index (κ1) is 12.9. The van der Waals surface area contributed by atoms with Crippen molar-refractivity contribution in [3.63, 3.8) is 0 Å². The molecule has 0 aliphatic carbocycles. The van der Waals surface area contributed by atoms with Crippen LogP contribution in [0.2, 0.25) is 0 Å². The zero-order valence-corrected chi connectivity index (χ0v) is 10.6. The Balaban J connectivity index is 2.84. The molecular formula is C11H12BrFN2O. The lowest BCUT2D eigenvalue weighted by atomic mass is 10.2. The van der Waals surface area contributed by atoms with Crippen molar-refractivity contribution >= 4 is 21.6 Å². The van der Waals surface area contributed by atoms with Crippen molar-refractivity contribution in [2.45, 2.75) is 13.0 Å². The first-order valence-corrected chi connectivity index (χ1v) is 5.54. The predicted molar refractivity (Wildman–Crippen MR) is 63.8 cm³/mol. The lowest BCUT2D eigenvalue weighted by molar-refractivity contribution is 0.128. The number of nitriles is 1. The van der Waals surface area contributed by atoms with Crippen LogP contribution < -0.4 is 5.32 Å². The molecule has 0 heterocycles. The van der Waals surface area contributed by atoms with Gasteiger partial charge in [-0.3, -0.25) is 0 Å². The van der Waals surface area contributed by atoms with Crippen molar-refractivity contribution in [2.75, 3.05) is 19.0 Å². The molecule has 1 unspecified atom stereocenters. The number of anilines is 1. The number of nitrogens with one attached hydrogen (secondary N) is 1. The van der Waals surface area contributed by atoms with Crippen LogP contribution >= 0.6 is 15.9 Å². The van der Waals surface area contributed by atoms with Gasteiger partial charge in [-0.15, -0.1) is 0 Å². The zero-order valence-electron chi connectivity index (χ0n) is 9.05. The fraction of sp³-hybridized carbons (Fsp3) is 0.364. The molecule has 3 nitrogen and oxygen atoms in total. The molecule has 86 valence electrons. The minimum absolute atomic E-state index is 0.00572. The van der Waals surface area contributed by atoms with E-state index in [-0.39, 0.29) is 16.1 Å². The summed E-state index contributed by atoms with van der Waals surface area (Å²) in [5, 5.41) is 11.6. The summed E-state index contributed by atoms with van der Waals surface area (Å²) in [5.74, 6) is -0.456. The van der Waals surface area contributed by atoms with Crippen LogP contribution in [-0.4, -0.2) is 19.8 Å². The molecule has 0 aliphatic rings. The highest BCUT2D eigenvalue weighted by Gasteiger charge is 2.11. The van der Waals surface area contributed by atoms with Crippen LogP contribution in [0.3, 0.4) is 0 Å². The Morgan fingerprint density at radius 3 is 2.88 bits per heavy atom. The third kappa shape index (κ3) is 2.94. The summed E-state index contributed by atoms with van der Waals surface area (Å²) < 4.78 is 18.9. The molecule has 16 heavy (non-hydrogen) atoms. The van der Waals surface area contributed by atoms with Crippen molar-refractivity contribution in [1.82, 2.24) is 0 Å². The van der Waals surface area contributed by atoms with E-state index in [1.807, 2.05) is 13.0 Å². The maximum absolute atomic E-state index is 13.7. The van der Waals surface area contributed by atoms with Gasteiger partial charge in [0.05, 0.1) is 21.8 Å². The zero-order chi connectivity index (χ0) is 12.1. The Labute approximate surface area is 102 Å². The molecule has 1 atom stereocenters. The van der Waals surface area contributed by atoms with Gasteiger partial charge in [0.15, 0.2) is 5.82 Å². The Kier molecular flexibility index (Phi) is 4.71. The summed E-state index contributed by atoms with van der Waals surface area (Å²) in [6.45, 7) is 2.38. The number of hydrogen-bond donors (Lipinski definition) is 1. The molecule has 0 radical (unpaired) electrons. The number of nitrogens with zero attached hydrogens (tertiary/aromatic N) is 1. The average molecular weight is 287 g/mol. The highest BCUT2D eigenvalue weighted by atomic mass is 79.9. The number of benzene rings is 1. The third-order valence-electron chi connectivity index (χ3n) is 2.19. The van der Waals surface area contributed by atoms with Crippen LogP contribution in [0.5, 0.6) is 0 Å². The minimum Gasteiger partial charge on any atom is -0.380 e. The Bertz CT molecular complexity index is 417. The second kappa shape index (κ2) is 5.83. The fourth-order valence-corrected chi connectivity index (χ4v) is 1.54. The lowest BCUT2D eigenvalue weighted by Gasteiger charge is -2.13. The first-order chi connectivity index (χ1) is 7.60. The summed E-state index contributed by atoms with van der Waals surface area (Å²) in [4.78, 5) is 0.